The zero-order valence-corrected chi connectivity index (χ0v) is 11.7. The normalized spacial score (nSPS) is 10.8. The van der Waals surface area contributed by atoms with E-state index in [1.54, 1.807) is 11.8 Å². The number of benzene rings is 1. The Morgan fingerprint density at radius 3 is 2.74 bits per heavy atom. The minimum absolute atomic E-state index is 0.737. The van der Waals surface area contributed by atoms with E-state index >= 15 is 0 Å². The van der Waals surface area contributed by atoms with Gasteiger partial charge in [-0.25, -0.2) is 0 Å². The smallest absolute Gasteiger partial charge is 0.226 e. The van der Waals surface area contributed by atoms with Crippen LogP contribution in [0.1, 0.15) is 31.0 Å². The molecule has 0 atom stereocenters. The van der Waals surface area contributed by atoms with E-state index in [9.17, 15) is 0 Å². The second-order valence-electron chi connectivity index (χ2n) is 4.31. The molecule has 0 aliphatic rings. The van der Waals surface area contributed by atoms with Crippen LogP contribution in [0.3, 0.4) is 0 Å². The van der Waals surface area contributed by atoms with Crippen molar-refractivity contribution < 1.29 is 4.52 Å². The number of rotatable bonds is 8. The number of aromatic nitrogens is 2. The van der Waals surface area contributed by atoms with Gasteiger partial charge in [0.15, 0.2) is 5.82 Å². The SMILES string of the molecule is NCCCCCc1nc(CSc2ccccc2)no1. The predicted molar refractivity (Wildman–Crippen MR) is 76.9 cm³/mol. The lowest BCUT2D eigenvalue weighted by atomic mass is 10.2. The lowest BCUT2D eigenvalue weighted by Gasteiger charge is -1.96. The van der Waals surface area contributed by atoms with Crippen molar-refractivity contribution in [1.82, 2.24) is 10.1 Å². The van der Waals surface area contributed by atoms with Gasteiger partial charge in [-0.1, -0.05) is 29.8 Å². The van der Waals surface area contributed by atoms with Gasteiger partial charge in [0.1, 0.15) is 0 Å². The van der Waals surface area contributed by atoms with Crippen LogP contribution in [-0.2, 0) is 12.2 Å². The first-order valence-corrected chi connectivity index (χ1v) is 7.56. The van der Waals surface area contributed by atoms with Gasteiger partial charge in [-0.2, -0.15) is 4.98 Å². The van der Waals surface area contributed by atoms with Crippen molar-refractivity contribution in [1.29, 1.82) is 0 Å². The number of hydrogen-bond donors (Lipinski definition) is 1. The maximum absolute atomic E-state index is 5.45. The first kappa shape index (κ1) is 14.1. The molecular weight excluding hydrogens is 258 g/mol. The monoisotopic (exact) mass is 277 g/mol. The lowest BCUT2D eigenvalue weighted by Crippen LogP contribution is -1.98. The van der Waals surface area contributed by atoms with Crippen LogP contribution in [-0.4, -0.2) is 16.7 Å². The number of nitrogens with two attached hydrogens (primary N) is 1. The van der Waals surface area contributed by atoms with Crippen molar-refractivity contribution in [2.24, 2.45) is 5.73 Å². The third kappa shape index (κ3) is 5.04. The number of unbranched alkanes of at least 4 members (excludes halogenated alkanes) is 2. The van der Waals surface area contributed by atoms with Crippen LogP contribution in [0.5, 0.6) is 0 Å². The van der Waals surface area contributed by atoms with E-state index in [-0.39, 0.29) is 0 Å². The van der Waals surface area contributed by atoms with E-state index in [1.165, 1.54) is 4.90 Å². The maximum Gasteiger partial charge on any atom is 0.226 e. The molecule has 0 saturated carbocycles. The first-order valence-electron chi connectivity index (χ1n) is 6.58. The summed E-state index contributed by atoms with van der Waals surface area (Å²) < 4.78 is 5.23. The molecule has 0 radical (unpaired) electrons. The lowest BCUT2D eigenvalue weighted by molar-refractivity contribution is 0.370. The highest BCUT2D eigenvalue weighted by Crippen LogP contribution is 2.20. The van der Waals surface area contributed by atoms with Crippen LogP contribution >= 0.6 is 11.8 Å². The van der Waals surface area contributed by atoms with Crippen molar-refractivity contribution in [3.8, 4) is 0 Å². The van der Waals surface area contributed by atoms with Crippen molar-refractivity contribution >= 4 is 11.8 Å². The number of aryl methyl sites for hydroxylation is 1. The van der Waals surface area contributed by atoms with Crippen molar-refractivity contribution in [3.63, 3.8) is 0 Å². The Kier molecular flexibility index (Phi) is 5.91. The summed E-state index contributed by atoms with van der Waals surface area (Å²) in [6, 6.07) is 10.2. The summed E-state index contributed by atoms with van der Waals surface area (Å²) in [7, 11) is 0. The third-order valence-electron chi connectivity index (χ3n) is 2.72. The van der Waals surface area contributed by atoms with Crippen LogP contribution in [0.2, 0.25) is 0 Å². The number of thioether (sulfide) groups is 1. The average Bonchev–Trinajstić information content (AvgIpc) is 2.91. The molecule has 2 N–H and O–H groups in total. The Hall–Kier alpha value is -1.33. The van der Waals surface area contributed by atoms with E-state index in [0.29, 0.717) is 0 Å². The summed E-state index contributed by atoms with van der Waals surface area (Å²) in [4.78, 5) is 5.61. The summed E-state index contributed by atoms with van der Waals surface area (Å²) in [5, 5.41) is 4.00. The van der Waals surface area contributed by atoms with E-state index in [0.717, 1.165) is 49.7 Å². The molecule has 0 spiro atoms. The zero-order chi connectivity index (χ0) is 13.3. The van der Waals surface area contributed by atoms with Gasteiger partial charge in [-0.3, -0.25) is 0 Å². The van der Waals surface area contributed by atoms with Crippen LogP contribution in [0.15, 0.2) is 39.8 Å². The van der Waals surface area contributed by atoms with Gasteiger partial charge in [0, 0.05) is 11.3 Å². The molecule has 0 bridgehead atoms. The molecule has 2 rings (SSSR count). The molecule has 102 valence electrons. The highest BCUT2D eigenvalue weighted by Gasteiger charge is 2.06. The second-order valence-corrected chi connectivity index (χ2v) is 5.35. The van der Waals surface area contributed by atoms with Gasteiger partial charge < -0.3 is 10.3 Å². The van der Waals surface area contributed by atoms with Crippen LogP contribution in [0, 0.1) is 0 Å². The van der Waals surface area contributed by atoms with Crippen LogP contribution in [0.25, 0.3) is 0 Å². The third-order valence-corrected chi connectivity index (χ3v) is 3.72. The van der Waals surface area contributed by atoms with Gasteiger partial charge in [0.2, 0.25) is 5.89 Å². The van der Waals surface area contributed by atoms with Crippen LogP contribution in [0.4, 0.5) is 0 Å². The highest BCUT2D eigenvalue weighted by molar-refractivity contribution is 7.98. The predicted octanol–water partition coefficient (Wildman–Crippen LogP) is 3.03. The fourth-order valence-electron chi connectivity index (χ4n) is 1.71. The molecule has 0 saturated heterocycles. The largest absolute Gasteiger partial charge is 0.339 e. The molecule has 0 unspecified atom stereocenters. The molecule has 19 heavy (non-hydrogen) atoms. The minimum atomic E-state index is 0.737. The van der Waals surface area contributed by atoms with E-state index in [2.05, 4.69) is 22.3 Å². The Bertz CT molecular complexity index is 473. The first-order chi connectivity index (χ1) is 9.38. The molecule has 1 heterocycles. The summed E-state index contributed by atoms with van der Waals surface area (Å²) in [6.45, 7) is 0.753. The highest BCUT2D eigenvalue weighted by atomic mass is 32.2. The van der Waals surface area contributed by atoms with E-state index in [1.807, 2.05) is 18.2 Å². The van der Waals surface area contributed by atoms with Gasteiger partial charge in [-0.15, -0.1) is 11.8 Å². The summed E-state index contributed by atoms with van der Waals surface area (Å²) in [5.41, 5.74) is 5.45. The summed E-state index contributed by atoms with van der Waals surface area (Å²) in [6.07, 6.45) is 4.09. The van der Waals surface area contributed by atoms with E-state index in [4.69, 9.17) is 10.3 Å². The molecule has 1 aromatic heterocycles. The Labute approximate surface area is 117 Å². The Balaban J connectivity index is 1.74. The standard InChI is InChI=1S/C14H19N3OS/c15-10-6-2-5-9-14-16-13(17-18-14)11-19-12-7-3-1-4-8-12/h1,3-4,7-8H,2,5-6,9-11,15H2. The number of hydrogen-bond acceptors (Lipinski definition) is 5. The van der Waals surface area contributed by atoms with Gasteiger partial charge in [0.25, 0.3) is 0 Å². The molecule has 0 fully saturated rings. The van der Waals surface area contributed by atoms with Crippen molar-refractivity contribution in [2.45, 2.75) is 36.3 Å². The Morgan fingerprint density at radius 2 is 1.95 bits per heavy atom. The van der Waals surface area contributed by atoms with Gasteiger partial charge in [-0.05, 0) is 31.5 Å². The van der Waals surface area contributed by atoms with Gasteiger partial charge >= 0.3 is 0 Å². The quantitative estimate of drug-likeness (QED) is 0.593. The molecule has 0 aliphatic carbocycles. The fourth-order valence-corrected chi connectivity index (χ4v) is 2.47. The molecular formula is C14H19N3OS. The molecule has 0 amide bonds. The zero-order valence-electron chi connectivity index (χ0n) is 10.9. The molecule has 4 nitrogen and oxygen atoms in total. The number of nitrogens with zero attached hydrogens (tertiary/aromatic N) is 2. The molecule has 2 aromatic rings. The molecule has 1 aromatic carbocycles. The van der Waals surface area contributed by atoms with Crippen molar-refractivity contribution in [3.05, 3.63) is 42.0 Å². The average molecular weight is 277 g/mol. The molecule has 5 heteroatoms. The van der Waals surface area contributed by atoms with Crippen LogP contribution < -0.4 is 5.73 Å². The summed E-state index contributed by atoms with van der Waals surface area (Å²) in [5.74, 6) is 2.25. The van der Waals surface area contributed by atoms with E-state index < -0.39 is 0 Å². The van der Waals surface area contributed by atoms with Crippen molar-refractivity contribution in [2.75, 3.05) is 6.54 Å². The minimum Gasteiger partial charge on any atom is -0.339 e. The topological polar surface area (TPSA) is 64.9 Å². The second kappa shape index (κ2) is 7.96. The van der Waals surface area contributed by atoms with Gasteiger partial charge in [0.05, 0.1) is 5.75 Å². The molecule has 0 aliphatic heterocycles. The Morgan fingerprint density at radius 1 is 1.11 bits per heavy atom. The fraction of sp³-hybridized carbons (Fsp3) is 0.429. The maximum atomic E-state index is 5.45. The summed E-state index contributed by atoms with van der Waals surface area (Å²) >= 11 is 1.72.